The second kappa shape index (κ2) is 2.91. The third-order valence-corrected chi connectivity index (χ3v) is 0.122. The molecule has 24 valence electrons. The third kappa shape index (κ3) is 1.91. The van der Waals surface area contributed by atoms with Gasteiger partial charge in [-0.15, -0.1) is 0 Å². The van der Waals surface area contributed by atoms with Gasteiger partial charge in [-0.25, -0.2) is 0 Å². The van der Waals surface area contributed by atoms with Crippen LogP contribution in [0.15, 0.2) is 4.52 Å². The number of hydrogen-bond acceptors (Lipinski definition) is 4. The summed E-state index contributed by atoms with van der Waals surface area (Å²) in [6.45, 7) is 0. The van der Waals surface area contributed by atoms with Crippen LogP contribution in [0.5, 0.6) is 0 Å². The maximum Gasteiger partial charge on any atom is 0.154 e. The normalized spacial score (nSPS) is 6.25. The smallest absolute Gasteiger partial charge is 0.154 e. The summed E-state index contributed by atoms with van der Waals surface area (Å²) in [5.74, 6) is 0. The first-order valence-electron chi connectivity index (χ1n) is 0.589. The Morgan fingerprint density at radius 2 is 2.25 bits per heavy atom. The van der Waals surface area contributed by atoms with E-state index in [1.165, 1.54) is 0 Å². The lowest BCUT2D eigenvalue weighted by molar-refractivity contribution is 0.662. The van der Waals surface area contributed by atoms with Crippen LogP contribution in [0, 0.1) is 5.53 Å². The van der Waals surface area contributed by atoms with Gasteiger partial charge in [0.1, 0.15) is 0 Å². The van der Waals surface area contributed by atoms with Crippen LogP contribution in [0.3, 0.4) is 0 Å². The van der Waals surface area contributed by atoms with Crippen LogP contribution in [-0.2, 0) is 0 Å². The van der Waals surface area contributed by atoms with Crippen molar-refractivity contribution < 1.29 is 4.55 Å². The van der Waals surface area contributed by atoms with Crippen molar-refractivity contribution in [3.8, 4) is 0 Å². The highest BCUT2D eigenvalue weighted by molar-refractivity contribution is 7.92. The van der Waals surface area contributed by atoms with E-state index in [2.05, 4.69) is 4.52 Å². The number of nitrogens with one attached hydrogen (secondary N) is 1. The fourth-order valence-electron chi connectivity index (χ4n) is 0. The first-order valence-corrected chi connectivity index (χ1v) is 1.32. The van der Waals surface area contributed by atoms with Crippen molar-refractivity contribution >= 4 is 12.2 Å². The molecule has 2 N–H and O–H groups in total. The van der Waals surface area contributed by atoms with Crippen LogP contribution in [0.1, 0.15) is 0 Å². The maximum atomic E-state index is 7.44. The van der Waals surface area contributed by atoms with E-state index in [0.29, 0.717) is 0 Å². The molecule has 0 aliphatic rings. The maximum absolute atomic E-state index is 7.44. The van der Waals surface area contributed by atoms with Crippen LogP contribution < -0.4 is 0 Å². The van der Waals surface area contributed by atoms with E-state index in [0.717, 1.165) is 0 Å². The standard InChI is InChI=1S/H2N2OS/c1-2-4-3/h1,3H. The molecule has 0 amide bonds. The summed E-state index contributed by atoms with van der Waals surface area (Å²) in [4.78, 5) is 0. The number of rotatable bonds is 1. The quantitative estimate of drug-likeness (QED) is 0.280. The Balaban J connectivity index is 2.30. The minimum Gasteiger partial charge on any atom is -0.310 e. The van der Waals surface area contributed by atoms with Crippen molar-refractivity contribution in [3.05, 3.63) is 0 Å². The van der Waals surface area contributed by atoms with Crippen LogP contribution in [0.2, 0.25) is 0 Å². The predicted octanol–water partition coefficient (Wildman–Crippen LogP) is 1.14. The fraction of sp³-hybridized carbons (Fsp3) is 0. The summed E-state index contributed by atoms with van der Waals surface area (Å²) in [6.07, 6.45) is 0. The van der Waals surface area contributed by atoms with Crippen molar-refractivity contribution in [1.29, 1.82) is 5.53 Å². The Bertz CT molecular complexity index is 20.0. The first kappa shape index (κ1) is 3.91. The molecule has 0 saturated heterocycles. The molecule has 0 bridgehead atoms. The Morgan fingerprint density at radius 3 is 2.25 bits per heavy atom. The van der Waals surface area contributed by atoms with E-state index in [1.807, 2.05) is 0 Å². The lowest BCUT2D eigenvalue weighted by Gasteiger charge is -1.56. The molecule has 0 heterocycles. The summed E-state index contributed by atoms with van der Waals surface area (Å²) in [6, 6.07) is 0. The average molecular weight is 78.1 g/mol. The minimum absolute atomic E-state index is 0.148. The second-order valence-corrected chi connectivity index (χ2v) is 0.519. The van der Waals surface area contributed by atoms with E-state index in [4.69, 9.17) is 10.1 Å². The van der Waals surface area contributed by atoms with E-state index < -0.39 is 0 Å². The van der Waals surface area contributed by atoms with E-state index >= 15 is 0 Å². The number of hydrogen-bond donors (Lipinski definition) is 2. The van der Waals surface area contributed by atoms with Gasteiger partial charge >= 0.3 is 0 Å². The second-order valence-electron chi connectivity index (χ2n) is 0.173. The van der Waals surface area contributed by atoms with Gasteiger partial charge in [0, 0.05) is 0 Å². The van der Waals surface area contributed by atoms with Crippen molar-refractivity contribution in [2.24, 2.45) is 4.52 Å². The molecule has 0 aromatic rings. The summed E-state index contributed by atoms with van der Waals surface area (Å²) in [7, 11) is 0. The molecule has 0 rings (SSSR count). The van der Waals surface area contributed by atoms with Gasteiger partial charge in [0.25, 0.3) is 0 Å². The molecule has 0 aliphatic heterocycles. The first-order chi connectivity index (χ1) is 1.91. The Kier molecular flexibility index (Phi) is 2.84. The van der Waals surface area contributed by atoms with Gasteiger partial charge in [0.2, 0.25) is 0 Å². The summed E-state index contributed by atoms with van der Waals surface area (Å²) in [5, 5.41) is 0. The molecule has 0 aliphatic carbocycles. The van der Waals surface area contributed by atoms with Crippen molar-refractivity contribution in [2.75, 3.05) is 0 Å². The molecule has 0 aromatic heterocycles. The zero-order valence-corrected chi connectivity index (χ0v) is 2.62. The molecular weight excluding hydrogens is 76.1 g/mol. The Hall–Kier alpha value is -0.0900. The Labute approximate surface area is 27.9 Å². The molecule has 4 heavy (non-hydrogen) atoms. The summed E-state index contributed by atoms with van der Waals surface area (Å²) >= 11 is 0.148. The van der Waals surface area contributed by atoms with E-state index in [9.17, 15) is 0 Å². The van der Waals surface area contributed by atoms with Crippen LogP contribution in [-0.4, -0.2) is 4.55 Å². The van der Waals surface area contributed by atoms with Gasteiger partial charge in [-0.1, -0.05) is 4.52 Å². The molecular formula is H2N2OS. The van der Waals surface area contributed by atoms with Crippen molar-refractivity contribution in [3.63, 3.8) is 0 Å². The molecule has 0 atom stereocenters. The highest BCUT2D eigenvalue weighted by Crippen LogP contribution is 1.84. The van der Waals surface area contributed by atoms with Crippen LogP contribution >= 0.6 is 12.2 Å². The van der Waals surface area contributed by atoms with Gasteiger partial charge in [0.15, 0.2) is 12.2 Å². The summed E-state index contributed by atoms with van der Waals surface area (Å²) in [5.41, 5.74) is 5.79. The van der Waals surface area contributed by atoms with Crippen LogP contribution in [0.4, 0.5) is 0 Å². The number of nitrogens with zero attached hydrogens (tertiary/aromatic N) is 1. The predicted molar refractivity (Wildman–Crippen MR) is 15.4 cm³/mol. The molecule has 0 spiro atoms. The Morgan fingerprint density at radius 1 is 2.00 bits per heavy atom. The highest BCUT2D eigenvalue weighted by Gasteiger charge is 1.49. The van der Waals surface area contributed by atoms with E-state index in [1.54, 1.807) is 0 Å². The highest BCUT2D eigenvalue weighted by atomic mass is 32.2. The molecule has 0 aromatic carbocycles. The largest absolute Gasteiger partial charge is 0.310 e. The third-order valence-electron chi connectivity index (χ3n) is 0.0408. The molecule has 0 unspecified atom stereocenters. The lowest BCUT2D eigenvalue weighted by Crippen LogP contribution is -1.28. The average Bonchev–Trinajstić information content (AvgIpc) is 1.37. The SMILES string of the molecule is N=NSO. The zero-order valence-electron chi connectivity index (χ0n) is 1.80. The van der Waals surface area contributed by atoms with Gasteiger partial charge in [-0.05, 0) is 0 Å². The molecule has 4 heteroatoms. The molecule has 0 saturated carbocycles. The van der Waals surface area contributed by atoms with Gasteiger partial charge < -0.3 is 4.55 Å². The summed E-state index contributed by atoms with van der Waals surface area (Å²) < 4.78 is 9.90. The lowest BCUT2D eigenvalue weighted by atomic mass is 13.3. The van der Waals surface area contributed by atoms with E-state index in [-0.39, 0.29) is 12.2 Å². The molecule has 3 nitrogen and oxygen atoms in total. The minimum atomic E-state index is 0.148. The van der Waals surface area contributed by atoms with Crippen molar-refractivity contribution in [2.45, 2.75) is 0 Å². The van der Waals surface area contributed by atoms with Crippen molar-refractivity contribution in [1.82, 2.24) is 0 Å². The van der Waals surface area contributed by atoms with Crippen LogP contribution in [0.25, 0.3) is 0 Å². The fourth-order valence-corrected chi connectivity index (χ4v) is 0. The van der Waals surface area contributed by atoms with Gasteiger partial charge in [-0.3, -0.25) is 0 Å². The molecule has 0 fully saturated rings. The van der Waals surface area contributed by atoms with Gasteiger partial charge in [-0.2, -0.15) is 5.53 Å². The zero-order chi connectivity index (χ0) is 3.41. The van der Waals surface area contributed by atoms with Gasteiger partial charge in [0.05, 0.1) is 0 Å². The molecule has 0 radical (unpaired) electrons. The topological polar surface area (TPSA) is 56.4 Å². The monoisotopic (exact) mass is 78.0 g/mol.